The smallest absolute Gasteiger partial charge is 0.323 e. The molecular weight excluding hydrogens is 274 g/mol. The summed E-state index contributed by atoms with van der Waals surface area (Å²) in [6.45, 7) is 0.605. The molecule has 2 aromatic rings. The van der Waals surface area contributed by atoms with Crippen molar-refractivity contribution in [1.82, 2.24) is 24.8 Å². The Balaban J connectivity index is 1.56. The number of rotatable bonds is 5. The lowest BCUT2D eigenvalue weighted by molar-refractivity contribution is 0.0947. The maximum Gasteiger partial charge on any atom is 0.323 e. The van der Waals surface area contributed by atoms with Crippen molar-refractivity contribution in [3.05, 3.63) is 50.8 Å². The number of aromatic nitrogens is 4. The van der Waals surface area contributed by atoms with Crippen LogP contribution in [0.2, 0.25) is 0 Å². The molecule has 1 saturated carbocycles. The van der Waals surface area contributed by atoms with E-state index in [4.69, 9.17) is 0 Å². The number of amides is 1. The van der Waals surface area contributed by atoms with Crippen LogP contribution in [-0.2, 0) is 6.54 Å². The van der Waals surface area contributed by atoms with Crippen molar-refractivity contribution in [1.29, 1.82) is 0 Å². The SMILES string of the molecule is O=C(NCCn1cnc(C2CC2)cc1=O)c1c[nH]c(=O)[nH]1. The van der Waals surface area contributed by atoms with Gasteiger partial charge in [0.1, 0.15) is 5.69 Å². The number of carbonyl (C=O) groups excluding carboxylic acids is 1. The normalized spacial score (nSPS) is 14.1. The largest absolute Gasteiger partial charge is 0.349 e. The Labute approximate surface area is 119 Å². The number of aromatic amines is 2. The first-order chi connectivity index (χ1) is 10.1. The van der Waals surface area contributed by atoms with Crippen molar-refractivity contribution in [3.63, 3.8) is 0 Å². The van der Waals surface area contributed by atoms with Gasteiger partial charge in [-0.3, -0.25) is 14.2 Å². The van der Waals surface area contributed by atoms with E-state index in [1.165, 1.54) is 17.1 Å². The molecule has 0 spiro atoms. The number of hydrogen-bond donors (Lipinski definition) is 3. The van der Waals surface area contributed by atoms with Crippen molar-refractivity contribution < 1.29 is 4.79 Å². The van der Waals surface area contributed by atoms with Gasteiger partial charge in [-0.1, -0.05) is 0 Å². The molecule has 110 valence electrons. The molecule has 0 bridgehead atoms. The average Bonchev–Trinajstić information content (AvgIpc) is 3.22. The third-order valence-corrected chi connectivity index (χ3v) is 3.37. The van der Waals surface area contributed by atoms with Crippen LogP contribution in [0.4, 0.5) is 0 Å². The first kappa shape index (κ1) is 13.3. The highest BCUT2D eigenvalue weighted by Gasteiger charge is 2.25. The standard InChI is InChI=1S/C13H15N5O3/c19-11-5-9(8-1-2-8)16-7-18(11)4-3-14-12(20)10-6-15-13(21)17-10/h5-8H,1-4H2,(H,14,20)(H2,15,17,21). The zero-order chi connectivity index (χ0) is 14.8. The molecule has 1 aliphatic rings. The summed E-state index contributed by atoms with van der Waals surface area (Å²) in [4.78, 5) is 43.4. The summed E-state index contributed by atoms with van der Waals surface area (Å²) in [5.74, 6) is 0.0430. The van der Waals surface area contributed by atoms with Gasteiger partial charge < -0.3 is 15.3 Å². The molecule has 0 aliphatic heterocycles. The van der Waals surface area contributed by atoms with Gasteiger partial charge in [-0.2, -0.15) is 0 Å². The van der Waals surface area contributed by atoms with E-state index in [2.05, 4.69) is 20.3 Å². The van der Waals surface area contributed by atoms with Crippen molar-refractivity contribution in [2.75, 3.05) is 6.54 Å². The topological polar surface area (TPSA) is 113 Å². The molecule has 2 aromatic heterocycles. The fourth-order valence-corrected chi connectivity index (χ4v) is 2.05. The zero-order valence-corrected chi connectivity index (χ0v) is 11.3. The van der Waals surface area contributed by atoms with E-state index >= 15 is 0 Å². The van der Waals surface area contributed by atoms with Crippen LogP contribution in [0.15, 0.2) is 28.2 Å². The van der Waals surface area contributed by atoms with Crippen LogP contribution in [0.1, 0.15) is 34.9 Å². The predicted molar refractivity (Wildman–Crippen MR) is 74.2 cm³/mol. The molecule has 0 saturated heterocycles. The Kier molecular flexibility index (Phi) is 3.43. The molecule has 3 N–H and O–H groups in total. The van der Waals surface area contributed by atoms with E-state index in [-0.39, 0.29) is 17.8 Å². The van der Waals surface area contributed by atoms with E-state index in [0.717, 1.165) is 18.5 Å². The first-order valence-corrected chi connectivity index (χ1v) is 6.76. The highest BCUT2D eigenvalue weighted by molar-refractivity contribution is 5.91. The van der Waals surface area contributed by atoms with Gasteiger partial charge in [0.05, 0.1) is 12.0 Å². The third kappa shape index (κ3) is 3.10. The second-order valence-corrected chi connectivity index (χ2v) is 5.03. The Morgan fingerprint density at radius 2 is 2.24 bits per heavy atom. The van der Waals surface area contributed by atoms with Gasteiger partial charge in [-0.05, 0) is 12.8 Å². The van der Waals surface area contributed by atoms with Crippen LogP contribution in [0.3, 0.4) is 0 Å². The van der Waals surface area contributed by atoms with Crippen LogP contribution >= 0.6 is 0 Å². The van der Waals surface area contributed by atoms with Gasteiger partial charge in [0, 0.05) is 31.3 Å². The maximum absolute atomic E-state index is 11.9. The Morgan fingerprint density at radius 3 is 2.86 bits per heavy atom. The van der Waals surface area contributed by atoms with E-state index < -0.39 is 11.6 Å². The molecule has 1 amide bonds. The van der Waals surface area contributed by atoms with Gasteiger partial charge in [0.25, 0.3) is 11.5 Å². The monoisotopic (exact) mass is 289 g/mol. The molecule has 21 heavy (non-hydrogen) atoms. The summed E-state index contributed by atoms with van der Waals surface area (Å²) in [5, 5.41) is 2.62. The van der Waals surface area contributed by atoms with Crippen LogP contribution < -0.4 is 16.6 Å². The summed E-state index contributed by atoms with van der Waals surface area (Å²) >= 11 is 0. The van der Waals surface area contributed by atoms with Gasteiger partial charge in [-0.15, -0.1) is 0 Å². The van der Waals surface area contributed by atoms with Gasteiger partial charge in [0.2, 0.25) is 0 Å². The number of imidazole rings is 1. The minimum Gasteiger partial charge on any atom is -0.349 e. The average molecular weight is 289 g/mol. The lowest BCUT2D eigenvalue weighted by Gasteiger charge is -2.07. The van der Waals surface area contributed by atoms with Crippen LogP contribution in [0.25, 0.3) is 0 Å². The highest BCUT2D eigenvalue weighted by Crippen LogP contribution is 2.38. The molecule has 0 unspecified atom stereocenters. The molecule has 2 heterocycles. The third-order valence-electron chi connectivity index (χ3n) is 3.37. The molecule has 3 rings (SSSR count). The Morgan fingerprint density at radius 1 is 1.43 bits per heavy atom. The van der Waals surface area contributed by atoms with E-state index in [1.54, 1.807) is 6.07 Å². The molecule has 1 fully saturated rings. The molecule has 0 radical (unpaired) electrons. The van der Waals surface area contributed by atoms with E-state index in [1.807, 2.05) is 0 Å². The molecule has 8 heteroatoms. The van der Waals surface area contributed by atoms with Crippen LogP contribution in [-0.4, -0.2) is 32.0 Å². The number of nitrogens with one attached hydrogen (secondary N) is 3. The number of carbonyl (C=O) groups is 1. The van der Waals surface area contributed by atoms with Gasteiger partial charge in [-0.25, -0.2) is 9.78 Å². The molecule has 1 aliphatic carbocycles. The number of H-pyrrole nitrogens is 2. The highest BCUT2D eigenvalue weighted by atomic mass is 16.2. The Bertz CT molecular complexity index is 768. The summed E-state index contributed by atoms with van der Waals surface area (Å²) < 4.78 is 1.45. The van der Waals surface area contributed by atoms with Crippen LogP contribution in [0.5, 0.6) is 0 Å². The maximum atomic E-state index is 11.9. The lowest BCUT2D eigenvalue weighted by atomic mass is 10.3. The van der Waals surface area contributed by atoms with Crippen LogP contribution in [0, 0.1) is 0 Å². The van der Waals surface area contributed by atoms with E-state index in [0.29, 0.717) is 12.5 Å². The van der Waals surface area contributed by atoms with Crippen molar-refractivity contribution >= 4 is 5.91 Å². The minimum absolute atomic E-state index is 0.115. The second-order valence-electron chi connectivity index (χ2n) is 5.03. The summed E-state index contributed by atoms with van der Waals surface area (Å²) in [6.07, 6.45) is 5.01. The summed E-state index contributed by atoms with van der Waals surface area (Å²) in [7, 11) is 0. The molecule has 0 atom stereocenters. The quantitative estimate of drug-likeness (QED) is 0.693. The minimum atomic E-state index is -0.434. The summed E-state index contributed by atoms with van der Waals surface area (Å²) in [5.41, 5.74) is 0.465. The molecule has 8 nitrogen and oxygen atoms in total. The van der Waals surface area contributed by atoms with Crippen molar-refractivity contribution in [3.8, 4) is 0 Å². The van der Waals surface area contributed by atoms with Crippen molar-refractivity contribution in [2.45, 2.75) is 25.3 Å². The number of hydrogen-bond acceptors (Lipinski definition) is 4. The molecular formula is C13H15N5O3. The fraction of sp³-hybridized carbons (Fsp3) is 0.385. The fourth-order valence-electron chi connectivity index (χ4n) is 2.05. The van der Waals surface area contributed by atoms with Gasteiger partial charge in [0.15, 0.2) is 0 Å². The predicted octanol–water partition coefficient (Wildman–Crippen LogP) is -0.433. The van der Waals surface area contributed by atoms with Gasteiger partial charge >= 0.3 is 5.69 Å². The first-order valence-electron chi connectivity index (χ1n) is 6.76. The zero-order valence-electron chi connectivity index (χ0n) is 11.3. The second kappa shape index (κ2) is 5.39. The summed E-state index contributed by atoms with van der Waals surface area (Å²) in [6, 6.07) is 1.56. The van der Waals surface area contributed by atoms with Crippen molar-refractivity contribution in [2.24, 2.45) is 0 Å². The Hall–Kier alpha value is -2.64. The molecule has 0 aromatic carbocycles. The van der Waals surface area contributed by atoms with E-state index in [9.17, 15) is 14.4 Å². The lowest BCUT2D eigenvalue weighted by Crippen LogP contribution is -2.31. The number of nitrogens with zero attached hydrogens (tertiary/aromatic N) is 2.